The van der Waals surface area contributed by atoms with Crippen molar-refractivity contribution in [2.75, 3.05) is 5.32 Å². The van der Waals surface area contributed by atoms with Crippen molar-refractivity contribution in [3.05, 3.63) is 58.1 Å². The molecule has 0 unspecified atom stereocenters. The van der Waals surface area contributed by atoms with Crippen molar-refractivity contribution >= 4 is 34.8 Å². The SMILES string of the molecule is CCc1ccc(O[C@H](C)C(=O)Nc2cc(Cl)cc(Cl)c2)cc1. The topological polar surface area (TPSA) is 38.3 Å². The molecular formula is C17H17Cl2NO2. The van der Waals surface area contributed by atoms with E-state index >= 15 is 0 Å². The molecule has 2 aromatic rings. The molecule has 0 saturated carbocycles. The molecule has 2 aromatic carbocycles. The van der Waals surface area contributed by atoms with E-state index in [9.17, 15) is 4.79 Å². The molecule has 0 aliphatic rings. The van der Waals surface area contributed by atoms with Crippen LogP contribution in [0.15, 0.2) is 42.5 Å². The zero-order valence-corrected chi connectivity index (χ0v) is 13.9. The normalized spacial score (nSPS) is 11.8. The Bertz CT molecular complexity index is 636. The number of ether oxygens (including phenoxy) is 1. The molecule has 0 aromatic heterocycles. The third-order valence-corrected chi connectivity index (χ3v) is 3.58. The third kappa shape index (κ3) is 4.65. The van der Waals surface area contributed by atoms with Crippen LogP contribution in [0.4, 0.5) is 5.69 Å². The van der Waals surface area contributed by atoms with E-state index in [4.69, 9.17) is 27.9 Å². The molecule has 1 atom stereocenters. The minimum absolute atomic E-state index is 0.266. The van der Waals surface area contributed by atoms with Crippen molar-refractivity contribution in [3.63, 3.8) is 0 Å². The minimum atomic E-state index is -0.634. The highest BCUT2D eigenvalue weighted by atomic mass is 35.5. The first-order chi connectivity index (χ1) is 10.5. The van der Waals surface area contributed by atoms with Gasteiger partial charge in [-0.2, -0.15) is 0 Å². The molecule has 5 heteroatoms. The summed E-state index contributed by atoms with van der Waals surface area (Å²) < 4.78 is 5.63. The van der Waals surface area contributed by atoms with E-state index in [-0.39, 0.29) is 5.91 Å². The third-order valence-electron chi connectivity index (χ3n) is 3.14. The number of rotatable bonds is 5. The quantitative estimate of drug-likeness (QED) is 0.837. The van der Waals surface area contributed by atoms with Crippen LogP contribution < -0.4 is 10.1 Å². The number of halogens is 2. The van der Waals surface area contributed by atoms with Crippen LogP contribution in [0.2, 0.25) is 10.0 Å². The van der Waals surface area contributed by atoms with Gasteiger partial charge in [0.05, 0.1) is 0 Å². The average molecular weight is 338 g/mol. The zero-order valence-electron chi connectivity index (χ0n) is 12.4. The summed E-state index contributed by atoms with van der Waals surface area (Å²) in [6.45, 7) is 3.78. The molecule has 22 heavy (non-hydrogen) atoms. The van der Waals surface area contributed by atoms with Crippen LogP contribution in [0, 0.1) is 0 Å². The number of benzene rings is 2. The molecule has 0 saturated heterocycles. The minimum Gasteiger partial charge on any atom is -0.481 e. The Morgan fingerprint density at radius 1 is 1.14 bits per heavy atom. The lowest BCUT2D eigenvalue weighted by molar-refractivity contribution is -0.122. The molecule has 3 nitrogen and oxygen atoms in total. The molecule has 0 fully saturated rings. The van der Waals surface area contributed by atoms with Crippen molar-refractivity contribution in [2.24, 2.45) is 0 Å². The van der Waals surface area contributed by atoms with Gasteiger partial charge in [-0.15, -0.1) is 0 Å². The van der Waals surface area contributed by atoms with E-state index in [0.717, 1.165) is 6.42 Å². The van der Waals surface area contributed by atoms with Gasteiger partial charge in [-0.05, 0) is 49.2 Å². The highest BCUT2D eigenvalue weighted by Gasteiger charge is 2.15. The van der Waals surface area contributed by atoms with E-state index < -0.39 is 6.10 Å². The first kappa shape index (κ1) is 16.7. The van der Waals surface area contributed by atoms with Crippen molar-refractivity contribution in [2.45, 2.75) is 26.4 Å². The second-order valence-corrected chi connectivity index (χ2v) is 5.78. The molecule has 1 N–H and O–H groups in total. The van der Waals surface area contributed by atoms with Crippen molar-refractivity contribution < 1.29 is 9.53 Å². The number of carbonyl (C=O) groups excluding carboxylic acids is 1. The molecule has 1 amide bonds. The maximum atomic E-state index is 12.1. The Morgan fingerprint density at radius 2 is 1.73 bits per heavy atom. The lowest BCUT2D eigenvalue weighted by Gasteiger charge is -2.15. The van der Waals surface area contributed by atoms with Crippen LogP contribution in [0.1, 0.15) is 19.4 Å². The Hall–Kier alpha value is -1.71. The summed E-state index contributed by atoms with van der Waals surface area (Å²) >= 11 is 11.8. The Labute approximate surface area is 140 Å². The highest BCUT2D eigenvalue weighted by Crippen LogP contribution is 2.23. The van der Waals surface area contributed by atoms with Gasteiger partial charge in [-0.3, -0.25) is 4.79 Å². The zero-order chi connectivity index (χ0) is 16.1. The van der Waals surface area contributed by atoms with Crippen molar-refractivity contribution in [1.29, 1.82) is 0 Å². The van der Waals surface area contributed by atoms with Crippen LogP contribution in [-0.2, 0) is 11.2 Å². The number of hydrogen-bond donors (Lipinski definition) is 1. The number of hydrogen-bond acceptors (Lipinski definition) is 2. The number of amides is 1. The van der Waals surface area contributed by atoms with Gasteiger partial charge in [0.2, 0.25) is 0 Å². The van der Waals surface area contributed by atoms with Gasteiger partial charge < -0.3 is 10.1 Å². The number of anilines is 1. The lowest BCUT2D eigenvalue weighted by Crippen LogP contribution is -2.30. The van der Waals surface area contributed by atoms with Crippen molar-refractivity contribution in [3.8, 4) is 5.75 Å². The molecular weight excluding hydrogens is 321 g/mol. The first-order valence-electron chi connectivity index (χ1n) is 7.00. The van der Waals surface area contributed by atoms with Crippen LogP contribution in [0.25, 0.3) is 0 Å². The van der Waals surface area contributed by atoms with Gasteiger partial charge in [-0.25, -0.2) is 0 Å². The number of carbonyl (C=O) groups is 1. The van der Waals surface area contributed by atoms with E-state index in [0.29, 0.717) is 21.5 Å². The monoisotopic (exact) mass is 337 g/mol. The van der Waals surface area contributed by atoms with E-state index in [1.54, 1.807) is 25.1 Å². The van der Waals surface area contributed by atoms with Crippen LogP contribution in [-0.4, -0.2) is 12.0 Å². The largest absolute Gasteiger partial charge is 0.481 e. The number of aryl methyl sites for hydroxylation is 1. The molecule has 2 rings (SSSR count). The van der Waals surface area contributed by atoms with Crippen LogP contribution in [0.3, 0.4) is 0 Å². The van der Waals surface area contributed by atoms with Crippen LogP contribution >= 0.6 is 23.2 Å². The first-order valence-corrected chi connectivity index (χ1v) is 7.76. The second kappa shape index (κ2) is 7.52. The van der Waals surface area contributed by atoms with Gasteiger partial charge in [-0.1, -0.05) is 42.3 Å². The summed E-state index contributed by atoms with van der Waals surface area (Å²) in [6.07, 6.45) is 0.330. The molecule has 0 heterocycles. The number of nitrogens with one attached hydrogen (secondary N) is 1. The maximum Gasteiger partial charge on any atom is 0.265 e. The standard InChI is InChI=1S/C17H17Cl2NO2/c1-3-12-4-6-16(7-5-12)22-11(2)17(21)20-15-9-13(18)8-14(19)10-15/h4-11H,3H2,1-2H3,(H,20,21)/t11-/m1/s1. The predicted molar refractivity (Wildman–Crippen MR) is 91.0 cm³/mol. The molecule has 0 bridgehead atoms. The van der Waals surface area contributed by atoms with Gasteiger partial charge >= 0.3 is 0 Å². The molecule has 0 aliphatic carbocycles. The maximum absolute atomic E-state index is 12.1. The van der Waals surface area contributed by atoms with Gasteiger partial charge in [0.1, 0.15) is 5.75 Å². The predicted octanol–water partition coefficient (Wildman–Crippen LogP) is 4.96. The fourth-order valence-electron chi connectivity index (χ4n) is 1.93. The smallest absolute Gasteiger partial charge is 0.265 e. The van der Waals surface area contributed by atoms with E-state index in [1.807, 2.05) is 24.3 Å². The summed E-state index contributed by atoms with van der Waals surface area (Å²) in [5.74, 6) is 0.391. The fraction of sp³-hybridized carbons (Fsp3) is 0.235. The molecule has 0 aliphatic heterocycles. The Balaban J connectivity index is 1.99. The van der Waals surface area contributed by atoms with Gasteiger partial charge in [0.25, 0.3) is 5.91 Å². The summed E-state index contributed by atoms with van der Waals surface area (Å²) in [6, 6.07) is 12.6. The molecule has 0 radical (unpaired) electrons. The molecule has 0 spiro atoms. The fourth-order valence-corrected chi connectivity index (χ4v) is 2.46. The second-order valence-electron chi connectivity index (χ2n) is 4.90. The Morgan fingerprint density at radius 3 is 2.27 bits per heavy atom. The summed E-state index contributed by atoms with van der Waals surface area (Å²) in [4.78, 5) is 12.1. The molecule has 116 valence electrons. The highest BCUT2D eigenvalue weighted by molar-refractivity contribution is 6.35. The van der Waals surface area contributed by atoms with Crippen LogP contribution in [0.5, 0.6) is 5.75 Å². The van der Waals surface area contributed by atoms with E-state index in [1.165, 1.54) is 5.56 Å². The Kier molecular flexibility index (Phi) is 5.69. The summed E-state index contributed by atoms with van der Waals surface area (Å²) in [5, 5.41) is 3.66. The van der Waals surface area contributed by atoms with Gasteiger partial charge in [0.15, 0.2) is 6.10 Å². The lowest BCUT2D eigenvalue weighted by atomic mass is 10.2. The van der Waals surface area contributed by atoms with Gasteiger partial charge in [0, 0.05) is 15.7 Å². The summed E-state index contributed by atoms with van der Waals surface area (Å²) in [5.41, 5.74) is 1.76. The summed E-state index contributed by atoms with van der Waals surface area (Å²) in [7, 11) is 0. The van der Waals surface area contributed by atoms with E-state index in [2.05, 4.69) is 12.2 Å². The average Bonchev–Trinajstić information content (AvgIpc) is 2.46. The van der Waals surface area contributed by atoms with Crippen molar-refractivity contribution in [1.82, 2.24) is 0 Å².